The number of pyridine rings is 1. The van der Waals surface area contributed by atoms with Crippen LogP contribution in [0.1, 0.15) is 34.1 Å². The SMILES string of the molecule is Cc1ccc2nc(C(=O)N(C)CCC(O)c3ccccc3)cn2c1. The number of carbonyl (C=O) groups excluding carboxylic acids is 1. The molecule has 5 heteroatoms. The van der Waals surface area contributed by atoms with Gasteiger partial charge in [-0.1, -0.05) is 36.4 Å². The van der Waals surface area contributed by atoms with E-state index in [-0.39, 0.29) is 5.91 Å². The highest BCUT2D eigenvalue weighted by molar-refractivity contribution is 5.92. The Morgan fingerprint density at radius 1 is 1.21 bits per heavy atom. The number of hydrogen-bond acceptors (Lipinski definition) is 3. The van der Waals surface area contributed by atoms with Gasteiger partial charge in [0.15, 0.2) is 0 Å². The summed E-state index contributed by atoms with van der Waals surface area (Å²) in [7, 11) is 1.73. The van der Waals surface area contributed by atoms with Crippen LogP contribution in [0.15, 0.2) is 54.9 Å². The number of nitrogens with zero attached hydrogens (tertiary/aromatic N) is 3. The molecule has 0 saturated carbocycles. The van der Waals surface area contributed by atoms with Crippen molar-refractivity contribution in [2.75, 3.05) is 13.6 Å². The van der Waals surface area contributed by atoms with Crippen molar-refractivity contribution in [2.24, 2.45) is 0 Å². The molecule has 0 saturated heterocycles. The molecule has 1 N–H and O–H groups in total. The lowest BCUT2D eigenvalue weighted by Gasteiger charge is -2.18. The van der Waals surface area contributed by atoms with Crippen LogP contribution < -0.4 is 0 Å². The van der Waals surface area contributed by atoms with Crippen LogP contribution in [0.5, 0.6) is 0 Å². The van der Waals surface area contributed by atoms with Gasteiger partial charge in [-0.2, -0.15) is 0 Å². The number of amides is 1. The number of fused-ring (bicyclic) bond motifs is 1. The summed E-state index contributed by atoms with van der Waals surface area (Å²) < 4.78 is 1.86. The third-order valence-electron chi connectivity index (χ3n) is 4.09. The van der Waals surface area contributed by atoms with Crippen LogP contribution in [0.2, 0.25) is 0 Å². The number of aryl methyl sites for hydroxylation is 1. The van der Waals surface area contributed by atoms with Crippen LogP contribution in [0.3, 0.4) is 0 Å². The fourth-order valence-electron chi connectivity index (χ4n) is 2.66. The zero-order chi connectivity index (χ0) is 17.1. The third kappa shape index (κ3) is 3.46. The van der Waals surface area contributed by atoms with E-state index in [9.17, 15) is 9.90 Å². The summed E-state index contributed by atoms with van der Waals surface area (Å²) in [6.45, 7) is 2.46. The van der Waals surface area contributed by atoms with Gasteiger partial charge in [0.1, 0.15) is 11.3 Å². The van der Waals surface area contributed by atoms with Crippen molar-refractivity contribution >= 4 is 11.6 Å². The zero-order valence-corrected chi connectivity index (χ0v) is 13.9. The lowest BCUT2D eigenvalue weighted by atomic mass is 10.1. The van der Waals surface area contributed by atoms with E-state index in [2.05, 4.69) is 4.98 Å². The minimum Gasteiger partial charge on any atom is -0.388 e. The molecule has 3 rings (SSSR count). The molecule has 0 aliphatic rings. The molecule has 3 aromatic rings. The fraction of sp³-hybridized carbons (Fsp3) is 0.263. The highest BCUT2D eigenvalue weighted by atomic mass is 16.3. The van der Waals surface area contributed by atoms with Gasteiger partial charge in [0.25, 0.3) is 5.91 Å². The Kier molecular flexibility index (Phi) is 4.62. The maximum absolute atomic E-state index is 12.5. The summed E-state index contributed by atoms with van der Waals surface area (Å²) in [6.07, 6.45) is 3.59. The van der Waals surface area contributed by atoms with Gasteiger partial charge in [-0.3, -0.25) is 4.79 Å². The van der Waals surface area contributed by atoms with Crippen molar-refractivity contribution in [3.8, 4) is 0 Å². The van der Waals surface area contributed by atoms with Crippen molar-refractivity contribution in [1.29, 1.82) is 0 Å². The quantitative estimate of drug-likeness (QED) is 0.785. The van der Waals surface area contributed by atoms with Crippen molar-refractivity contribution in [1.82, 2.24) is 14.3 Å². The van der Waals surface area contributed by atoms with Crippen LogP contribution in [-0.4, -0.2) is 38.9 Å². The number of rotatable bonds is 5. The van der Waals surface area contributed by atoms with Gasteiger partial charge in [0, 0.05) is 26.0 Å². The molecule has 24 heavy (non-hydrogen) atoms. The van der Waals surface area contributed by atoms with E-state index in [0.717, 1.165) is 16.8 Å². The second-order valence-corrected chi connectivity index (χ2v) is 6.04. The number of aromatic nitrogens is 2. The van der Waals surface area contributed by atoms with Gasteiger partial charge < -0.3 is 14.4 Å². The Hall–Kier alpha value is -2.66. The highest BCUT2D eigenvalue weighted by Crippen LogP contribution is 2.17. The first-order chi connectivity index (χ1) is 11.5. The predicted octanol–water partition coefficient (Wildman–Crippen LogP) is 2.84. The first kappa shape index (κ1) is 16.2. The van der Waals surface area contributed by atoms with Gasteiger partial charge in [-0.25, -0.2) is 4.98 Å². The van der Waals surface area contributed by atoms with E-state index >= 15 is 0 Å². The van der Waals surface area contributed by atoms with E-state index in [1.54, 1.807) is 18.1 Å². The highest BCUT2D eigenvalue weighted by Gasteiger charge is 2.17. The maximum atomic E-state index is 12.5. The number of aliphatic hydroxyl groups is 1. The summed E-state index contributed by atoms with van der Waals surface area (Å²) in [6, 6.07) is 13.3. The molecule has 124 valence electrons. The summed E-state index contributed by atoms with van der Waals surface area (Å²) in [5.41, 5.74) is 3.14. The largest absolute Gasteiger partial charge is 0.388 e. The molecule has 1 unspecified atom stereocenters. The standard InChI is InChI=1S/C19H21N3O2/c1-14-8-9-18-20-16(13-22(18)12-14)19(24)21(2)11-10-17(23)15-6-4-3-5-7-15/h3-9,12-13,17,23H,10-11H2,1-2H3. The second-order valence-electron chi connectivity index (χ2n) is 6.04. The molecule has 2 aromatic heterocycles. The van der Waals surface area contributed by atoms with Crippen molar-refractivity contribution in [3.05, 3.63) is 71.7 Å². The van der Waals surface area contributed by atoms with Crippen LogP contribution in [-0.2, 0) is 0 Å². The van der Waals surface area contributed by atoms with Gasteiger partial charge in [-0.05, 0) is 30.5 Å². The normalized spacial score (nSPS) is 12.3. The van der Waals surface area contributed by atoms with Gasteiger partial charge in [0.05, 0.1) is 6.10 Å². The monoisotopic (exact) mass is 323 g/mol. The van der Waals surface area contributed by atoms with Crippen LogP contribution in [0.25, 0.3) is 5.65 Å². The van der Waals surface area contributed by atoms with Crippen LogP contribution >= 0.6 is 0 Å². The lowest BCUT2D eigenvalue weighted by Crippen LogP contribution is -2.29. The topological polar surface area (TPSA) is 57.8 Å². The first-order valence-corrected chi connectivity index (χ1v) is 7.98. The molecule has 1 atom stereocenters. The van der Waals surface area contributed by atoms with Crippen molar-refractivity contribution < 1.29 is 9.90 Å². The Balaban J connectivity index is 1.65. The predicted molar refractivity (Wildman–Crippen MR) is 92.9 cm³/mol. The molecule has 0 spiro atoms. The third-order valence-corrected chi connectivity index (χ3v) is 4.09. The molecule has 5 nitrogen and oxygen atoms in total. The molecule has 2 heterocycles. The average Bonchev–Trinajstić information content (AvgIpc) is 3.02. The molecule has 1 amide bonds. The van der Waals surface area contributed by atoms with E-state index in [1.165, 1.54) is 0 Å². The Morgan fingerprint density at radius 3 is 2.71 bits per heavy atom. The number of hydrogen-bond donors (Lipinski definition) is 1. The zero-order valence-electron chi connectivity index (χ0n) is 13.9. The smallest absolute Gasteiger partial charge is 0.273 e. The molecule has 1 aromatic carbocycles. The molecular formula is C19H21N3O2. The summed E-state index contributed by atoms with van der Waals surface area (Å²) in [5.74, 6) is -0.142. The fourth-order valence-corrected chi connectivity index (χ4v) is 2.66. The molecule has 0 radical (unpaired) electrons. The number of aliphatic hydroxyl groups excluding tert-OH is 1. The maximum Gasteiger partial charge on any atom is 0.273 e. The summed E-state index contributed by atoms with van der Waals surface area (Å²) in [5, 5.41) is 10.2. The minimum atomic E-state index is -0.579. The Labute approximate surface area is 141 Å². The molecular weight excluding hydrogens is 302 g/mol. The summed E-state index contributed by atoms with van der Waals surface area (Å²) >= 11 is 0. The van der Waals surface area contributed by atoms with Gasteiger partial charge >= 0.3 is 0 Å². The summed E-state index contributed by atoms with van der Waals surface area (Å²) in [4.78, 5) is 18.5. The molecule has 0 bridgehead atoms. The van der Waals surface area contributed by atoms with E-state index in [0.29, 0.717) is 18.7 Å². The Morgan fingerprint density at radius 2 is 1.96 bits per heavy atom. The van der Waals surface area contributed by atoms with E-state index in [1.807, 2.05) is 60.0 Å². The Bertz CT molecular complexity index is 842. The molecule has 0 aliphatic carbocycles. The number of carbonyl (C=O) groups is 1. The van der Waals surface area contributed by atoms with Gasteiger partial charge in [-0.15, -0.1) is 0 Å². The first-order valence-electron chi connectivity index (χ1n) is 7.98. The average molecular weight is 323 g/mol. The van der Waals surface area contributed by atoms with E-state index < -0.39 is 6.10 Å². The van der Waals surface area contributed by atoms with Crippen molar-refractivity contribution in [3.63, 3.8) is 0 Å². The van der Waals surface area contributed by atoms with E-state index in [4.69, 9.17) is 0 Å². The minimum absolute atomic E-state index is 0.142. The van der Waals surface area contributed by atoms with Crippen LogP contribution in [0, 0.1) is 6.92 Å². The van der Waals surface area contributed by atoms with Crippen molar-refractivity contribution in [2.45, 2.75) is 19.4 Å². The number of imidazole rings is 1. The number of benzene rings is 1. The lowest BCUT2D eigenvalue weighted by molar-refractivity contribution is 0.0756. The molecule has 0 aliphatic heterocycles. The second kappa shape index (κ2) is 6.84. The van der Waals surface area contributed by atoms with Gasteiger partial charge in [0.2, 0.25) is 0 Å². The molecule has 0 fully saturated rings. The van der Waals surface area contributed by atoms with Crippen LogP contribution in [0.4, 0.5) is 0 Å².